The zero-order chi connectivity index (χ0) is 13.9. The summed E-state index contributed by atoms with van der Waals surface area (Å²) in [5, 5.41) is 1.02. The van der Waals surface area contributed by atoms with Gasteiger partial charge in [-0.15, -0.1) is 0 Å². The third-order valence-corrected chi connectivity index (χ3v) is 4.02. The van der Waals surface area contributed by atoms with Crippen molar-refractivity contribution in [3.05, 3.63) is 36.0 Å². The standard InChI is InChI=1S/C16H21N3O/c1-2-7-18-8-10-19(11-9-18)16(20)14-12-17-15-6-4-3-5-13(14)15/h3-6,12,17H,2,7-11H2,1H3. The SMILES string of the molecule is CCCN1CCN(C(=O)c2c[nH]c3ccccc23)CC1. The Hall–Kier alpha value is -1.81. The molecule has 0 aliphatic carbocycles. The second-order valence-electron chi connectivity index (χ2n) is 5.38. The number of hydrogen-bond acceptors (Lipinski definition) is 2. The summed E-state index contributed by atoms with van der Waals surface area (Å²) < 4.78 is 0. The number of piperazine rings is 1. The Labute approximate surface area is 119 Å². The number of carbonyl (C=O) groups is 1. The Morgan fingerprint density at radius 1 is 1.20 bits per heavy atom. The molecule has 2 aromatic rings. The highest BCUT2D eigenvalue weighted by Crippen LogP contribution is 2.20. The summed E-state index contributed by atoms with van der Waals surface area (Å²) in [6.45, 7) is 6.97. The number of hydrogen-bond donors (Lipinski definition) is 1. The average molecular weight is 271 g/mol. The molecule has 3 rings (SSSR count). The van der Waals surface area contributed by atoms with Gasteiger partial charge in [0, 0.05) is 43.3 Å². The fraction of sp³-hybridized carbons (Fsp3) is 0.438. The Balaban J connectivity index is 1.74. The van der Waals surface area contributed by atoms with Gasteiger partial charge in [0.1, 0.15) is 0 Å². The molecule has 1 N–H and O–H groups in total. The van der Waals surface area contributed by atoms with E-state index in [1.54, 1.807) is 0 Å². The molecule has 2 heterocycles. The number of benzene rings is 1. The summed E-state index contributed by atoms with van der Waals surface area (Å²) in [5.41, 5.74) is 1.82. The van der Waals surface area contributed by atoms with E-state index in [4.69, 9.17) is 0 Å². The van der Waals surface area contributed by atoms with Crippen LogP contribution in [0.3, 0.4) is 0 Å². The molecule has 4 nitrogen and oxygen atoms in total. The van der Waals surface area contributed by atoms with Crippen molar-refractivity contribution in [2.75, 3.05) is 32.7 Å². The van der Waals surface area contributed by atoms with E-state index in [2.05, 4.69) is 16.8 Å². The van der Waals surface area contributed by atoms with Crippen molar-refractivity contribution >= 4 is 16.8 Å². The van der Waals surface area contributed by atoms with Crippen LogP contribution in [-0.4, -0.2) is 53.4 Å². The van der Waals surface area contributed by atoms with Gasteiger partial charge in [0.05, 0.1) is 5.56 Å². The van der Waals surface area contributed by atoms with Crippen LogP contribution in [0.1, 0.15) is 23.7 Å². The van der Waals surface area contributed by atoms with Crippen molar-refractivity contribution < 1.29 is 4.79 Å². The zero-order valence-corrected chi connectivity index (χ0v) is 11.9. The molecule has 20 heavy (non-hydrogen) atoms. The maximum Gasteiger partial charge on any atom is 0.256 e. The first-order valence-electron chi connectivity index (χ1n) is 7.37. The number of fused-ring (bicyclic) bond motifs is 1. The lowest BCUT2D eigenvalue weighted by atomic mass is 10.1. The Kier molecular flexibility index (Phi) is 3.74. The van der Waals surface area contributed by atoms with Gasteiger partial charge in [0.15, 0.2) is 0 Å². The summed E-state index contributed by atoms with van der Waals surface area (Å²) in [6.07, 6.45) is 3.02. The maximum absolute atomic E-state index is 12.6. The smallest absolute Gasteiger partial charge is 0.256 e. The largest absolute Gasteiger partial charge is 0.360 e. The van der Waals surface area contributed by atoms with Gasteiger partial charge in [0.25, 0.3) is 5.91 Å². The van der Waals surface area contributed by atoms with Crippen LogP contribution in [0.2, 0.25) is 0 Å². The Bertz CT molecular complexity index is 597. The molecule has 1 aromatic carbocycles. The molecule has 1 fully saturated rings. The van der Waals surface area contributed by atoms with Gasteiger partial charge in [-0.2, -0.15) is 0 Å². The van der Waals surface area contributed by atoms with Crippen LogP contribution >= 0.6 is 0 Å². The van der Waals surface area contributed by atoms with E-state index in [-0.39, 0.29) is 5.91 Å². The molecule has 0 saturated carbocycles. The van der Waals surface area contributed by atoms with E-state index >= 15 is 0 Å². The first-order valence-corrected chi connectivity index (χ1v) is 7.37. The molecular formula is C16H21N3O. The highest BCUT2D eigenvalue weighted by Gasteiger charge is 2.23. The van der Waals surface area contributed by atoms with Gasteiger partial charge < -0.3 is 9.88 Å². The predicted molar refractivity (Wildman–Crippen MR) is 80.9 cm³/mol. The Morgan fingerprint density at radius 3 is 2.70 bits per heavy atom. The maximum atomic E-state index is 12.6. The van der Waals surface area contributed by atoms with Crippen LogP contribution in [0.25, 0.3) is 10.9 Å². The predicted octanol–water partition coefficient (Wildman–Crippen LogP) is 2.34. The summed E-state index contributed by atoms with van der Waals surface area (Å²) in [7, 11) is 0. The van der Waals surface area contributed by atoms with Crippen LogP contribution < -0.4 is 0 Å². The number of carbonyl (C=O) groups excluding carboxylic acids is 1. The molecular weight excluding hydrogens is 250 g/mol. The van der Waals surface area contributed by atoms with E-state index in [0.29, 0.717) is 0 Å². The second kappa shape index (κ2) is 5.67. The molecule has 0 radical (unpaired) electrons. The lowest BCUT2D eigenvalue weighted by molar-refractivity contribution is 0.0639. The van der Waals surface area contributed by atoms with Gasteiger partial charge in [-0.3, -0.25) is 9.69 Å². The molecule has 0 atom stereocenters. The normalized spacial score (nSPS) is 16.8. The van der Waals surface area contributed by atoms with Gasteiger partial charge in [-0.05, 0) is 19.0 Å². The summed E-state index contributed by atoms with van der Waals surface area (Å²) >= 11 is 0. The van der Waals surface area contributed by atoms with E-state index in [1.807, 2.05) is 35.4 Å². The molecule has 106 valence electrons. The van der Waals surface area contributed by atoms with E-state index in [0.717, 1.165) is 49.2 Å². The number of nitrogens with zero attached hydrogens (tertiary/aromatic N) is 2. The number of aromatic nitrogens is 1. The lowest BCUT2D eigenvalue weighted by Gasteiger charge is -2.34. The van der Waals surface area contributed by atoms with Gasteiger partial charge in [0.2, 0.25) is 0 Å². The summed E-state index contributed by atoms with van der Waals surface area (Å²) in [6, 6.07) is 7.97. The average Bonchev–Trinajstić information content (AvgIpc) is 2.92. The lowest BCUT2D eigenvalue weighted by Crippen LogP contribution is -2.48. The molecule has 4 heteroatoms. The molecule has 1 aliphatic rings. The van der Waals surface area contributed by atoms with Crippen molar-refractivity contribution in [2.45, 2.75) is 13.3 Å². The first-order chi connectivity index (χ1) is 9.79. The minimum atomic E-state index is 0.151. The van der Waals surface area contributed by atoms with Gasteiger partial charge in [-0.1, -0.05) is 25.1 Å². The minimum Gasteiger partial charge on any atom is -0.360 e. The Morgan fingerprint density at radius 2 is 1.95 bits per heavy atom. The van der Waals surface area contributed by atoms with Crippen molar-refractivity contribution in [2.24, 2.45) is 0 Å². The molecule has 0 spiro atoms. The van der Waals surface area contributed by atoms with Crippen LogP contribution in [0, 0.1) is 0 Å². The van der Waals surface area contributed by atoms with Crippen molar-refractivity contribution in [1.29, 1.82) is 0 Å². The van der Waals surface area contributed by atoms with Crippen LogP contribution in [0.5, 0.6) is 0 Å². The third kappa shape index (κ3) is 2.43. The molecule has 1 saturated heterocycles. The van der Waals surface area contributed by atoms with E-state index in [9.17, 15) is 4.79 Å². The van der Waals surface area contributed by atoms with E-state index < -0.39 is 0 Å². The number of nitrogens with one attached hydrogen (secondary N) is 1. The van der Waals surface area contributed by atoms with Gasteiger partial charge in [-0.25, -0.2) is 0 Å². The fourth-order valence-corrected chi connectivity index (χ4v) is 2.91. The van der Waals surface area contributed by atoms with Gasteiger partial charge >= 0.3 is 0 Å². The monoisotopic (exact) mass is 271 g/mol. The van der Waals surface area contributed by atoms with Crippen LogP contribution in [0.15, 0.2) is 30.5 Å². The second-order valence-corrected chi connectivity index (χ2v) is 5.38. The van der Waals surface area contributed by atoms with Crippen molar-refractivity contribution in [3.63, 3.8) is 0 Å². The first kappa shape index (κ1) is 13.2. The van der Waals surface area contributed by atoms with Crippen LogP contribution in [0.4, 0.5) is 0 Å². The number of amides is 1. The van der Waals surface area contributed by atoms with E-state index in [1.165, 1.54) is 6.42 Å². The number of para-hydroxylation sites is 1. The molecule has 1 aliphatic heterocycles. The zero-order valence-electron chi connectivity index (χ0n) is 11.9. The highest BCUT2D eigenvalue weighted by atomic mass is 16.2. The minimum absolute atomic E-state index is 0.151. The fourth-order valence-electron chi connectivity index (χ4n) is 2.91. The molecule has 1 amide bonds. The molecule has 0 unspecified atom stereocenters. The third-order valence-electron chi connectivity index (χ3n) is 4.02. The number of H-pyrrole nitrogens is 1. The van der Waals surface area contributed by atoms with Crippen LogP contribution in [-0.2, 0) is 0 Å². The highest BCUT2D eigenvalue weighted by molar-refractivity contribution is 6.06. The molecule has 1 aromatic heterocycles. The molecule has 0 bridgehead atoms. The topological polar surface area (TPSA) is 39.3 Å². The quantitative estimate of drug-likeness (QED) is 0.930. The van der Waals surface area contributed by atoms with Crippen molar-refractivity contribution in [1.82, 2.24) is 14.8 Å². The summed E-state index contributed by atoms with van der Waals surface area (Å²) in [5.74, 6) is 0.151. The summed E-state index contributed by atoms with van der Waals surface area (Å²) in [4.78, 5) is 20.2. The van der Waals surface area contributed by atoms with Crippen molar-refractivity contribution in [3.8, 4) is 0 Å². The number of rotatable bonds is 3. The number of aromatic amines is 1.